The molecule has 7 heteroatoms. The highest BCUT2D eigenvalue weighted by Gasteiger charge is 2.10. The summed E-state index contributed by atoms with van der Waals surface area (Å²) in [4.78, 5) is 26.1. The number of fused-ring (bicyclic) bond motifs is 1. The highest BCUT2D eigenvalue weighted by Crippen LogP contribution is 2.23. The molecule has 0 fully saturated rings. The maximum absolute atomic E-state index is 13.1. The number of benzene rings is 3. The normalized spacial score (nSPS) is 11.1. The molecule has 0 aliphatic carbocycles. The Morgan fingerprint density at radius 3 is 2.47 bits per heavy atom. The third-order valence-corrected chi connectivity index (χ3v) is 6.92. The van der Waals surface area contributed by atoms with Crippen LogP contribution in [0.25, 0.3) is 10.2 Å². The summed E-state index contributed by atoms with van der Waals surface area (Å²) in [6.45, 7) is 2.63. The number of amides is 1. The predicted octanol–water partition coefficient (Wildman–Crippen LogP) is 5.74. The van der Waals surface area contributed by atoms with Gasteiger partial charge in [0.05, 0.1) is 16.6 Å². The molecule has 0 aliphatic heterocycles. The average molecular weight is 467 g/mol. The molecule has 0 unspecified atom stereocenters. The number of carbonyl (C=O) groups is 1. The molecule has 4 aromatic rings. The largest absolute Gasteiger partial charge is 0.326 e. The van der Waals surface area contributed by atoms with Crippen molar-refractivity contribution in [3.63, 3.8) is 0 Å². The van der Waals surface area contributed by atoms with Crippen LogP contribution in [-0.2, 0) is 24.2 Å². The number of halogens is 1. The van der Waals surface area contributed by atoms with E-state index in [9.17, 15) is 14.0 Å². The third kappa shape index (κ3) is 5.47. The summed E-state index contributed by atoms with van der Waals surface area (Å²) in [5.74, 6) is 0.653. The minimum atomic E-state index is -0.269. The SMILES string of the molecule is CCSc1ccc(CC(=O)Nc2ccc3c(c2)sc(=O)n3CCc2ccc(F)cc2)cc1. The number of thioether (sulfide) groups is 1. The van der Waals surface area contributed by atoms with E-state index in [4.69, 9.17) is 0 Å². The van der Waals surface area contributed by atoms with Gasteiger partial charge in [0, 0.05) is 17.1 Å². The molecular formula is C25H23FN2O2S2. The van der Waals surface area contributed by atoms with Crippen molar-refractivity contribution in [2.45, 2.75) is 31.2 Å². The third-order valence-electron chi connectivity index (χ3n) is 5.09. The lowest BCUT2D eigenvalue weighted by atomic mass is 10.1. The second-order valence-electron chi connectivity index (χ2n) is 7.38. The standard InChI is InChI=1S/C25H23FN2O2S2/c1-2-31-21-10-5-18(6-11-21)15-24(29)27-20-9-12-22-23(16-20)32-25(30)28(22)14-13-17-3-7-19(26)8-4-17/h3-12,16H,2,13-15H2,1H3,(H,27,29). The molecule has 0 bridgehead atoms. The van der Waals surface area contributed by atoms with E-state index in [1.807, 2.05) is 42.5 Å². The summed E-state index contributed by atoms with van der Waals surface area (Å²) < 4.78 is 15.6. The van der Waals surface area contributed by atoms with Crippen LogP contribution in [0.15, 0.2) is 76.4 Å². The number of hydrogen-bond donors (Lipinski definition) is 1. The molecule has 1 amide bonds. The summed E-state index contributed by atoms with van der Waals surface area (Å²) in [5, 5.41) is 2.93. The lowest BCUT2D eigenvalue weighted by molar-refractivity contribution is -0.115. The first kappa shape index (κ1) is 22.3. The van der Waals surface area contributed by atoms with E-state index in [1.54, 1.807) is 28.5 Å². The van der Waals surface area contributed by atoms with E-state index in [2.05, 4.69) is 12.2 Å². The van der Waals surface area contributed by atoms with Crippen LogP contribution in [0.5, 0.6) is 0 Å². The van der Waals surface area contributed by atoms with E-state index in [-0.39, 0.29) is 16.6 Å². The highest BCUT2D eigenvalue weighted by atomic mass is 32.2. The number of aromatic nitrogens is 1. The number of nitrogens with one attached hydrogen (secondary N) is 1. The lowest BCUT2D eigenvalue weighted by Gasteiger charge is -2.08. The molecule has 0 aliphatic rings. The average Bonchev–Trinajstić information content (AvgIpc) is 3.09. The van der Waals surface area contributed by atoms with Gasteiger partial charge in [-0.25, -0.2) is 4.39 Å². The van der Waals surface area contributed by atoms with Crippen LogP contribution < -0.4 is 10.2 Å². The van der Waals surface area contributed by atoms with Gasteiger partial charge in [0.1, 0.15) is 5.82 Å². The maximum atomic E-state index is 13.1. The topological polar surface area (TPSA) is 51.1 Å². The molecule has 0 saturated heterocycles. The number of thiazole rings is 1. The molecule has 4 rings (SSSR count). The van der Waals surface area contributed by atoms with Crippen LogP contribution in [-0.4, -0.2) is 16.2 Å². The second kappa shape index (κ2) is 10.1. The molecule has 0 saturated carbocycles. The Balaban J connectivity index is 1.42. The number of carbonyl (C=O) groups excluding carboxylic acids is 1. The van der Waals surface area contributed by atoms with E-state index < -0.39 is 0 Å². The molecule has 4 nitrogen and oxygen atoms in total. The summed E-state index contributed by atoms with van der Waals surface area (Å²) >= 11 is 2.93. The number of nitrogens with zero attached hydrogens (tertiary/aromatic N) is 1. The molecule has 0 atom stereocenters. The maximum Gasteiger partial charge on any atom is 0.308 e. The van der Waals surface area contributed by atoms with E-state index in [1.165, 1.54) is 17.0 Å². The second-order valence-corrected chi connectivity index (χ2v) is 9.71. The van der Waals surface area contributed by atoms with Crippen molar-refractivity contribution < 1.29 is 9.18 Å². The number of aryl methyl sites for hydroxylation is 2. The predicted molar refractivity (Wildman–Crippen MR) is 131 cm³/mol. The van der Waals surface area contributed by atoms with Gasteiger partial charge in [-0.05, 0) is 65.8 Å². The minimum absolute atomic E-state index is 0.0457. The van der Waals surface area contributed by atoms with Crippen molar-refractivity contribution >= 4 is 44.9 Å². The van der Waals surface area contributed by atoms with E-state index >= 15 is 0 Å². The van der Waals surface area contributed by atoms with Crippen LogP contribution in [0.1, 0.15) is 18.1 Å². The zero-order valence-electron chi connectivity index (χ0n) is 17.6. The fraction of sp³-hybridized carbons (Fsp3) is 0.200. The summed E-state index contributed by atoms with van der Waals surface area (Å²) in [5.41, 5.74) is 3.44. The molecule has 3 aromatic carbocycles. The fourth-order valence-electron chi connectivity index (χ4n) is 3.51. The number of rotatable bonds is 8. The first-order valence-corrected chi connectivity index (χ1v) is 12.2. The molecule has 32 heavy (non-hydrogen) atoms. The van der Waals surface area contributed by atoms with Gasteiger partial charge in [-0.3, -0.25) is 14.2 Å². The van der Waals surface area contributed by atoms with Crippen molar-refractivity contribution in [1.82, 2.24) is 4.57 Å². The van der Waals surface area contributed by atoms with Gasteiger partial charge in [0.15, 0.2) is 0 Å². The van der Waals surface area contributed by atoms with Gasteiger partial charge >= 0.3 is 4.87 Å². The monoisotopic (exact) mass is 466 g/mol. The number of anilines is 1. The first-order valence-electron chi connectivity index (χ1n) is 10.4. The zero-order chi connectivity index (χ0) is 22.5. The fourth-order valence-corrected chi connectivity index (χ4v) is 5.13. The van der Waals surface area contributed by atoms with Gasteiger partial charge in [-0.2, -0.15) is 0 Å². The van der Waals surface area contributed by atoms with Gasteiger partial charge in [0.25, 0.3) is 0 Å². The summed E-state index contributed by atoms with van der Waals surface area (Å²) in [6.07, 6.45) is 0.935. The molecule has 164 valence electrons. The Hall–Kier alpha value is -2.90. The van der Waals surface area contributed by atoms with Crippen molar-refractivity contribution in [2.75, 3.05) is 11.1 Å². The lowest BCUT2D eigenvalue weighted by Crippen LogP contribution is -2.15. The molecule has 0 spiro atoms. The first-order chi connectivity index (χ1) is 15.5. The Labute approximate surface area is 194 Å². The minimum Gasteiger partial charge on any atom is -0.326 e. The smallest absolute Gasteiger partial charge is 0.308 e. The van der Waals surface area contributed by atoms with Crippen LogP contribution in [0.4, 0.5) is 10.1 Å². The number of hydrogen-bond acceptors (Lipinski definition) is 4. The van der Waals surface area contributed by atoms with Crippen LogP contribution in [0, 0.1) is 5.82 Å². The van der Waals surface area contributed by atoms with E-state index in [0.717, 1.165) is 38.4 Å². The van der Waals surface area contributed by atoms with E-state index in [0.29, 0.717) is 25.1 Å². The van der Waals surface area contributed by atoms with Gasteiger partial charge in [0.2, 0.25) is 5.91 Å². The van der Waals surface area contributed by atoms with Gasteiger partial charge in [-0.15, -0.1) is 11.8 Å². The highest BCUT2D eigenvalue weighted by molar-refractivity contribution is 7.99. The van der Waals surface area contributed by atoms with Crippen LogP contribution >= 0.6 is 23.1 Å². The Morgan fingerprint density at radius 1 is 1.03 bits per heavy atom. The molecule has 0 radical (unpaired) electrons. The van der Waals surface area contributed by atoms with Gasteiger partial charge < -0.3 is 5.32 Å². The molecule has 1 aromatic heterocycles. The Morgan fingerprint density at radius 2 is 1.75 bits per heavy atom. The van der Waals surface area contributed by atoms with Crippen molar-refractivity contribution in [3.8, 4) is 0 Å². The molecule has 1 N–H and O–H groups in total. The van der Waals surface area contributed by atoms with Gasteiger partial charge in [-0.1, -0.05) is 42.5 Å². The zero-order valence-corrected chi connectivity index (χ0v) is 19.3. The Kier molecular flexibility index (Phi) is 7.07. The Bertz CT molecular complexity index is 1280. The summed E-state index contributed by atoms with van der Waals surface area (Å²) in [6, 6.07) is 19.9. The molecular weight excluding hydrogens is 443 g/mol. The summed E-state index contributed by atoms with van der Waals surface area (Å²) in [7, 11) is 0. The van der Waals surface area contributed by atoms with Crippen molar-refractivity contribution in [3.05, 3.63) is 93.3 Å². The van der Waals surface area contributed by atoms with Crippen LogP contribution in [0.2, 0.25) is 0 Å². The van der Waals surface area contributed by atoms with Crippen molar-refractivity contribution in [1.29, 1.82) is 0 Å². The van der Waals surface area contributed by atoms with Crippen LogP contribution in [0.3, 0.4) is 0 Å². The van der Waals surface area contributed by atoms with Crippen molar-refractivity contribution in [2.24, 2.45) is 0 Å². The quantitative estimate of drug-likeness (QED) is 0.337. The molecule has 1 heterocycles.